The van der Waals surface area contributed by atoms with Crippen LogP contribution in [0, 0.1) is 17.8 Å². The van der Waals surface area contributed by atoms with Crippen LogP contribution in [0.1, 0.15) is 39.5 Å². The highest BCUT2D eigenvalue weighted by molar-refractivity contribution is 5.81. The van der Waals surface area contributed by atoms with E-state index in [0.29, 0.717) is 13.0 Å². The predicted octanol–water partition coefficient (Wildman–Crippen LogP) is 0.977. The summed E-state index contributed by atoms with van der Waals surface area (Å²) in [5.74, 6) is -1.12. The van der Waals surface area contributed by atoms with Gasteiger partial charge in [0.05, 0.1) is 12.0 Å². The van der Waals surface area contributed by atoms with E-state index in [0.717, 1.165) is 19.3 Å². The first-order chi connectivity index (χ1) is 8.43. The van der Waals surface area contributed by atoms with Gasteiger partial charge in [-0.05, 0) is 24.7 Å². The van der Waals surface area contributed by atoms with Crippen molar-refractivity contribution in [2.45, 2.75) is 45.6 Å². The summed E-state index contributed by atoms with van der Waals surface area (Å²) in [5.41, 5.74) is 5.74. The highest BCUT2D eigenvalue weighted by Crippen LogP contribution is 2.29. The van der Waals surface area contributed by atoms with Crippen molar-refractivity contribution in [3.8, 4) is 0 Å². The molecule has 0 aromatic rings. The van der Waals surface area contributed by atoms with Crippen molar-refractivity contribution >= 4 is 11.9 Å². The lowest BCUT2D eigenvalue weighted by atomic mass is 9.79. The molecule has 1 aliphatic rings. The number of carboxylic acid groups (broad SMARTS) is 1. The number of hydrogen-bond donors (Lipinski definition) is 3. The predicted molar refractivity (Wildman–Crippen MR) is 68.9 cm³/mol. The molecule has 3 atom stereocenters. The fraction of sp³-hybridized carbons (Fsp3) is 0.846. The smallest absolute Gasteiger partial charge is 0.306 e. The van der Waals surface area contributed by atoms with Gasteiger partial charge >= 0.3 is 5.97 Å². The first-order valence-corrected chi connectivity index (χ1v) is 6.69. The standard InChI is InChI=1S/C13H24N2O3/c1-8(2)11(14)12(16)15-7-9-5-3-4-6-10(9)13(17)18/h8-11H,3-7,14H2,1-2H3,(H,15,16)(H,17,18). The first-order valence-electron chi connectivity index (χ1n) is 6.69. The second kappa shape index (κ2) is 6.73. The minimum atomic E-state index is -0.748. The van der Waals surface area contributed by atoms with Gasteiger partial charge in [-0.25, -0.2) is 0 Å². The van der Waals surface area contributed by atoms with Gasteiger partial charge in [0.1, 0.15) is 0 Å². The van der Waals surface area contributed by atoms with Gasteiger partial charge in [-0.3, -0.25) is 9.59 Å². The third-order valence-electron chi connectivity index (χ3n) is 3.79. The van der Waals surface area contributed by atoms with Gasteiger partial charge < -0.3 is 16.2 Å². The van der Waals surface area contributed by atoms with Crippen LogP contribution in [-0.4, -0.2) is 29.6 Å². The first kappa shape index (κ1) is 15.0. The van der Waals surface area contributed by atoms with Gasteiger partial charge in [0.2, 0.25) is 5.91 Å². The minimum absolute atomic E-state index is 0.0413. The fourth-order valence-corrected chi connectivity index (χ4v) is 2.43. The lowest BCUT2D eigenvalue weighted by molar-refractivity contribution is -0.145. The molecule has 5 nitrogen and oxygen atoms in total. The molecular weight excluding hydrogens is 232 g/mol. The molecule has 1 fully saturated rings. The maximum absolute atomic E-state index is 11.7. The van der Waals surface area contributed by atoms with Gasteiger partial charge in [-0.2, -0.15) is 0 Å². The van der Waals surface area contributed by atoms with Crippen molar-refractivity contribution in [2.24, 2.45) is 23.5 Å². The maximum atomic E-state index is 11.7. The Balaban J connectivity index is 2.45. The third kappa shape index (κ3) is 3.98. The summed E-state index contributed by atoms with van der Waals surface area (Å²) >= 11 is 0. The fourth-order valence-electron chi connectivity index (χ4n) is 2.43. The highest BCUT2D eigenvalue weighted by atomic mass is 16.4. The number of nitrogens with one attached hydrogen (secondary N) is 1. The normalized spacial score (nSPS) is 25.8. The Morgan fingerprint density at radius 2 is 1.94 bits per heavy atom. The average Bonchev–Trinajstić information content (AvgIpc) is 2.35. The number of rotatable bonds is 5. The lowest BCUT2D eigenvalue weighted by Gasteiger charge is -2.29. The molecule has 1 rings (SSSR count). The topological polar surface area (TPSA) is 92.4 Å². The quantitative estimate of drug-likeness (QED) is 0.683. The summed E-state index contributed by atoms with van der Waals surface area (Å²) in [6.07, 6.45) is 3.59. The molecule has 3 unspecified atom stereocenters. The van der Waals surface area contributed by atoms with Crippen molar-refractivity contribution in [3.63, 3.8) is 0 Å². The number of aliphatic carboxylic acids is 1. The molecule has 104 valence electrons. The van der Waals surface area contributed by atoms with E-state index in [1.807, 2.05) is 13.8 Å². The van der Waals surface area contributed by atoms with E-state index < -0.39 is 12.0 Å². The second-order valence-electron chi connectivity index (χ2n) is 5.50. The summed E-state index contributed by atoms with van der Waals surface area (Å²) < 4.78 is 0. The number of nitrogens with two attached hydrogens (primary N) is 1. The number of carbonyl (C=O) groups excluding carboxylic acids is 1. The van der Waals surface area contributed by atoms with E-state index >= 15 is 0 Å². The van der Waals surface area contributed by atoms with Crippen LogP contribution >= 0.6 is 0 Å². The molecule has 0 aliphatic heterocycles. The molecule has 1 amide bonds. The molecule has 1 aliphatic carbocycles. The van der Waals surface area contributed by atoms with E-state index in [-0.39, 0.29) is 23.7 Å². The minimum Gasteiger partial charge on any atom is -0.481 e. The van der Waals surface area contributed by atoms with Crippen molar-refractivity contribution in [2.75, 3.05) is 6.54 Å². The Morgan fingerprint density at radius 3 is 2.50 bits per heavy atom. The summed E-state index contributed by atoms with van der Waals surface area (Å²) in [6, 6.07) is -0.517. The van der Waals surface area contributed by atoms with E-state index in [1.165, 1.54) is 0 Å². The molecular formula is C13H24N2O3. The van der Waals surface area contributed by atoms with Crippen molar-refractivity contribution in [1.82, 2.24) is 5.32 Å². The van der Waals surface area contributed by atoms with Gasteiger partial charge in [0.25, 0.3) is 0 Å². The van der Waals surface area contributed by atoms with E-state index in [4.69, 9.17) is 10.8 Å². The van der Waals surface area contributed by atoms with Gasteiger partial charge in [0, 0.05) is 6.54 Å². The zero-order chi connectivity index (χ0) is 13.7. The summed E-state index contributed by atoms with van der Waals surface area (Å²) in [4.78, 5) is 22.8. The monoisotopic (exact) mass is 256 g/mol. The number of carboxylic acids is 1. The molecule has 0 saturated heterocycles. The van der Waals surface area contributed by atoms with Crippen molar-refractivity contribution in [1.29, 1.82) is 0 Å². The Morgan fingerprint density at radius 1 is 1.33 bits per heavy atom. The number of amides is 1. The Bertz CT molecular complexity index is 305. The van der Waals surface area contributed by atoms with E-state index in [1.54, 1.807) is 0 Å². The SMILES string of the molecule is CC(C)C(N)C(=O)NCC1CCCCC1C(=O)O. The molecule has 0 spiro atoms. The van der Waals surface area contributed by atoms with Crippen LogP contribution in [0.2, 0.25) is 0 Å². The van der Waals surface area contributed by atoms with Gasteiger partial charge in [-0.1, -0.05) is 26.7 Å². The van der Waals surface area contributed by atoms with Crippen LogP contribution in [0.3, 0.4) is 0 Å². The average molecular weight is 256 g/mol. The molecule has 18 heavy (non-hydrogen) atoms. The van der Waals surface area contributed by atoms with Crippen LogP contribution in [0.4, 0.5) is 0 Å². The molecule has 0 radical (unpaired) electrons. The van der Waals surface area contributed by atoms with Crippen LogP contribution in [0.5, 0.6) is 0 Å². The molecule has 0 heterocycles. The molecule has 5 heteroatoms. The van der Waals surface area contributed by atoms with Crippen molar-refractivity contribution < 1.29 is 14.7 Å². The Labute approximate surface area is 108 Å². The van der Waals surface area contributed by atoms with Crippen LogP contribution in [-0.2, 0) is 9.59 Å². The van der Waals surface area contributed by atoms with E-state index in [9.17, 15) is 9.59 Å². The summed E-state index contributed by atoms with van der Waals surface area (Å²) in [6.45, 7) is 4.21. The second-order valence-corrected chi connectivity index (χ2v) is 5.50. The molecule has 0 bridgehead atoms. The third-order valence-corrected chi connectivity index (χ3v) is 3.79. The maximum Gasteiger partial charge on any atom is 0.306 e. The number of hydrogen-bond acceptors (Lipinski definition) is 3. The molecule has 0 aromatic carbocycles. The molecule has 1 saturated carbocycles. The summed E-state index contributed by atoms with van der Waals surface area (Å²) in [7, 11) is 0. The van der Waals surface area contributed by atoms with Crippen LogP contribution in [0.15, 0.2) is 0 Å². The lowest BCUT2D eigenvalue weighted by Crippen LogP contribution is -2.46. The highest BCUT2D eigenvalue weighted by Gasteiger charge is 2.31. The van der Waals surface area contributed by atoms with Gasteiger partial charge in [0.15, 0.2) is 0 Å². The zero-order valence-corrected chi connectivity index (χ0v) is 11.2. The largest absolute Gasteiger partial charge is 0.481 e. The summed E-state index contributed by atoms with van der Waals surface area (Å²) in [5, 5.41) is 11.9. The van der Waals surface area contributed by atoms with E-state index in [2.05, 4.69) is 5.32 Å². The molecule has 0 aromatic heterocycles. The van der Waals surface area contributed by atoms with Crippen LogP contribution in [0.25, 0.3) is 0 Å². The van der Waals surface area contributed by atoms with Crippen molar-refractivity contribution in [3.05, 3.63) is 0 Å². The Kier molecular flexibility index (Phi) is 5.59. The van der Waals surface area contributed by atoms with Crippen LogP contribution < -0.4 is 11.1 Å². The molecule has 4 N–H and O–H groups in total. The van der Waals surface area contributed by atoms with Gasteiger partial charge in [-0.15, -0.1) is 0 Å². The Hall–Kier alpha value is -1.10. The zero-order valence-electron chi connectivity index (χ0n) is 11.2. The number of carbonyl (C=O) groups is 2.